The first-order valence-electron chi connectivity index (χ1n) is 9.83. The molecule has 0 saturated carbocycles. The Balaban J connectivity index is 1.67. The number of hydrogen-bond acceptors (Lipinski definition) is 6. The lowest BCUT2D eigenvalue weighted by Crippen LogP contribution is -2.28. The van der Waals surface area contributed by atoms with Crippen LogP contribution in [0.1, 0.15) is 33.6 Å². The van der Waals surface area contributed by atoms with E-state index in [4.69, 9.17) is 9.47 Å². The van der Waals surface area contributed by atoms with Crippen LogP contribution in [0.3, 0.4) is 0 Å². The first kappa shape index (κ1) is 21.0. The Bertz CT molecular complexity index is 1260. The van der Waals surface area contributed by atoms with Gasteiger partial charge in [0.1, 0.15) is 11.3 Å². The zero-order valence-corrected chi connectivity index (χ0v) is 17.7. The molecule has 0 unspecified atom stereocenters. The Morgan fingerprint density at radius 1 is 0.871 bits per heavy atom. The van der Waals surface area contributed by atoms with Crippen LogP contribution in [-0.4, -0.2) is 44.9 Å². The molecule has 0 amide bonds. The summed E-state index contributed by atoms with van der Waals surface area (Å²) >= 11 is 0. The number of esters is 2. The van der Waals surface area contributed by atoms with Crippen LogP contribution in [0, 0.1) is 0 Å². The third-order valence-corrected chi connectivity index (χ3v) is 7.12. The van der Waals surface area contributed by atoms with Crippen LogP contribution in [0.4, 0.5) is 0 Å². The molecule has 0 aliphatic carbocycles. The lowest BCUT2D eigenvalue weighted by molar-refractivity contribution is 0.0593. The summed E-state index contributed by atoms with van der Waals surface area (Å²) in [5.41, 5.74) is 0.180. The molecule has 0 radical (unpaired) electrons. The molecule has 0 spiro atoms. The average molecular weight is 439 g/mol. The number of fused-ring (bicyclic) bond motifs is 1. The summed E-state index contributed by atoms with van der Waals surface area (Å²) in [6.45, 7) is 0.938. The number of carbonyl (C=O) groups is 2. The van der Waals surface area contributed by atoms with Gasteiger partial charge in [0.05, 0.1) is 17.6 Å². The van der Waals surface area contributed by atoms with Crippen LogP contribution in [0.15, 0.2) is 65.6 Å². The summed E-state index contributed by atoms with van der Waals surface area (Å²) in [7, 11) is -2.42. The first-order valence-corrected chi connectivity index (χ1v) is 11.3. The van der Waals surface area contributed by atoms with Gasteiger partial charge in [0, 0.05) is 13.1 Å². The molecule has 1 aliphatic rings. The van der Waals surface area contributed by atoms with Gasteiger partial charge in [-0.3, -0.25) is 0 Å². The number of sulfonamides is 1. The van der Waals surface area contributed by atoms with Crippen LogP contribution in [0.2, 0.25) is 0 Å². The first-order chi connectivity index (χ1) is 14.9. The van der Waals surface area contributed by atoms with Crippen molar-refractivity contribution in [2.45, 2.75) is 17.7 Å². The molecule has 7 nitrogen and oxygen atoms in total. The minimum Gasteiger partial charge on any atom is -0.465 e. The van der Waals surface area contributed by atoms with Gasteiger partial charge >= 0.3 is 11.9 Å². The molecule has 0 atom stereocenters. The molecule has 8 heteroatoms. The minimum absolute atomic E-state index is 0.0375. The molecule has 0 bridgehead atoms. The van der Waals surface area contributed by atoms with Gasteiger partial charge < -0.3 is 9.47 Å². The number of ether oxygens (including phenoxy) is 2. The van der Waals surface area contributed by atoms with E-state index >= 15 is 0 Å². The highest BCUT2D eigenvalue weighted by Crippen LogP contribution is 2.28. The van der Waals surface area contributed by atoms with Gasteiger partial charge in [-0.2, -0.15) is 4.31 Å². The molecule has 160 valence electrons. The van der Waals surface area contributed by atoms with E-state index in [9.17, 15) is 18.0 Å². The van der Waals surface area contributed by atoms with Crippen LogP contribution in [-0.2, 0) is 14.8 Å². The molecule has 1 saturated heterocycles. The van der Waals surface area contributed by atoms with E-state index in [1.165, 1.54) is 35.7 Å². The van der Waals surface area contributed by atoms with Crippen molar-refractivity contribution in [3.63, 3.8) is 0 Å². The van der Waals surface area contributed by atoms with Gasteiger partial charge in [0.2, 0.25) is 10.0 Å². The fourth-order valence-corrected chi connectivity index (χ4v) is 5.16. The van der Waals surface area contributed by atoms with E-state index in [-0.39, 0.29) is 21.8 Å². The molecule has 0 N–H and O–H groups in total. The second-order valence-corrected chi connectivity index (χ2v) is 9.15. The summed E-state index contributed by atoms with van der Waals surface area (Å²) in [6, 6.07) is 16.2. The fourth-order valence-electron chi connectivity index (χ4n) is 3.59. The van der Waals surface area contributed by atoms with E-state index in [2.05, 4.69) is 0 Å². The molecule has 1 fully saturated rings. The van der Waals surface area contributed by atoms with Crippen molar-refractivity contribution in [3.05, 3.63) is 71.8 Å². The van der Waals surface area contributed by atoms with Crippen LogP contribution >= 0.6 is 0 Å². The molecule has 4 rings (SSSR count). The topological polar surface area (TPSA) is 90.0 Å². The zero-order valence-electron chi connectivity index (χ0n) is 16.9. The van der Waals surface area contributed by atoms with Crippen LogP contribution in [0.25, 0.3) is 10.8 Å². The lowest BCUT2D eigenvalue weighted by Gasteiger charge is -2.16. The molecule has 3 aromatic carbocycles. The second-order valence-electron chi connectivity index (χ2n) is 7.22. The number of rotatable bonds is 5. The second kappa shape index (κ2) is 8.49. The van der Waals surface area contributed by atoms with Gasteiger partial charge in [-0.15, -0.1) is 0 Å². The molecule has 3 aromatic rings. The number of hydrogen-bond donors (Lipinski definition) is 0. The van der Waals surface area contributed by atoms with Gasteiger partial charge in [-0.1, -0.05) is 30.3 Å². The maximum absolute atomic E-state index is 12.8. The van der Waals surface area contributed by atoms with E-state index in [0.29, 0.717) is 13.1 Å². The molecular formula is C23H21NO6S. The van der Waals surface area contributed by atoms with E-state index in [1.54, 1.807) is 12.1 Å². The smallest absolute Gasteiger partial charge is 0.343 e. The quantitative estimate of drug-likeness (QED) is 0.445. The predicted molar refractivity (Wildman–Crippen MR) is 115 cm³/mol. The van der Waals surface area contributed by atoms with Crippen molar-refractivity contribution in [2.24, 2.45) is 0 Å². The number of methoxy groups -OCH3 is 1. The maximum Gasteiger partial charge on any atom is 0.343 e. The van der Waals surface area contributed by atoms with Gasteiger partial charge in [0.15, 0.2) is 0 Å². The van der Waals surface area contributed by atoms with Crippen molar-refractivity contribution < 1.29 is 27.5 Å². The summed E-state index contributed by atoms with van der Waals surface area (Å²) in [4.78, 5) is 25.1. The Morgan fingerprint density at radius 2 is 1.55 bits per heavy atom. The monoisotopic (exact) mass is 439 g/mol. The van der Waals surface area contributed by atoms with Crippen molar-refractivity contribution in [3.8, 4) is 5.75 Å². The highest BCUT2D eigenvalue weighted by atomic mass is 32.2. The summed E-state index contributed by atoms with van der Waals surface area (Å²) in [6.07, 6.45) is 1.64. The van der Waals surface area contributed by atoms with E-state index in [0.717, 1.165) is 23.6 Å². The minimum atomic E-state index is -3.67. The molecular weight excluding hydrogens is 418 g/mol. The standard InChI is InChI=1S/C23H21NO6S/c1-29-23(26)20-14-16-7-2-3-8-17(16)15-21(20)30-22(25)18-9-6-10-19(13-18)31(27,28)24-11-4-5-12-24/h2-3,6-10,13-15H,4-5,11-12H2,1H3. The fraction of sp³-hybridized carbons (Fsp3) is 0.217. The van der Waals surface area contributed by atoms with Crippen molar-refractivity contribution in [1.82, 2.24) is 4.31 Å². The van der Waals surface area contributed by atoms with Crippen molar-refractivity contribution in [1.29, 1.82) is 0 Å². The molecule has 1 aliphatic heterocycles. The van der Waals surface area contributed by atoms with Gasteiger partial charge in [-0.25, -0.2) is 18.0 Å². The number of nitrogens with zero attached hydrogens (tertiary/aromatic N) is 1. The van der Waals surface area contributed by atoms with Crippen LogP contribution in [0.5, 0.6) is 5.75 Å². The average Bonchev–Trinajstić information content (AvgIpc) is 3.34. The Labute approximate surface area is 180 Å². The Morgan fingerprint density at radius 3 is 2.23 bits per heavy atom. The number of benzene rings is 3. The number of carbonyl (C=O) groups excluding carboxylic acids is 2. The third kappa shape index (κ3) is 4.17. The molecule has 1 heterocycles. The lowest BCUT2D eigenvalue weighted by atomic mass is 10.1. The largest absolute Gasteiger partial charge is 0.465 e. The van der Waals surface area contributed by atoms with Gasteiger partial charge in [-0.05, 0) is 53.9 Å². The molecule has 0 aromatic heterocycles. The van der Waals surface area contributed by atoms with Crippen molar-refractivity contribution >= 4 is 32.7 Å². The third-order valence-electron chi connectivity index (χ3n) is 5.23. The highest BCUT2D eigenvalue weighted by molar-refractivity contribution is 7.89. The summed E-state index contributed by atoms with van der Waals surface area (Å²) in [5, 5.41) is 1.57. The molecule has 31 heavy (non-hydrogen) atoms. The van der Waals surface area contributed by atoms with E-state index < -0.39 is 22.0 Å². The Kier molecular flexibility index (Phi) is 5.75. The van der Waals surface area contributed by atoms with Crippen molar-refractivity contribution in [2.75, 3.05) is 20.2 Å². The predicted octanol–water partition coefficient (Wildman–Crippen LogP) is 3.63. The Hall–Kier alpha value is -3.23. The SMILES string of the molecule is COC(=O)c1cc2ccccc2cc1OC(=O)c1cccc(S(=O)(=O)N2CCCC2)c1. The van der Waals surface area contributed by atoms with E-state index in [1.807, 2.05) is 24.3 Å². The maximum atomic E-state index is 12.8. The van der Waals surface area contributed by atoms with Crippen LogP contribution < -0.4 is 4.74 Å². The summed E-state index contributed by atoms with van der Waals surface area (Å²) in [5.74, 6) is -1.36. The zero-order chi connectivity index (χ0) is 22.0. The highest BCUT2D eigenvalue weighted by Gasteiger charge is 2.28. The normalized spacial score (nSPS) is 14.5. The summed E-state index contributed by atoms with van der Waals surface area (Å²) < 4.78 is 37.4. The van der Waals surface area contributed by atoms with Gasteiger partial charge in [0.25, 0.3) is 0 Å².